The second kappa shape index (κ2) is 8.20. The number of hydrogen-bond acceptors (Lipinski definition) is 0. The quantitative estimate of drug-likeness (QED) is 0.168. The first-order valence-electron chi connectivity index (χ1n) is 14.9. The van der Waals surface area contributed by atoms with Crippen molar-refractivity contribution in [1.82, 2.24) is 4.98 Å². The van der Waals surface area contributed by atoms with Gasteiger partial charge in [0, 0.05) is 26.5 Å². The predicted molar refractivity (Wildman–Crippen MR) is 161 cm³/mol. The van der Waals surface area contributed by atoms with E-state index < -0.39 is 0 Å². The fraction of sp³-hybridized carbons (Fsp3) is 0.263. The van der Waals surface area contributed by atoms with Gasteiger partial charge in [-0.1, -0.05) is 84.9 Å². The first-order valence-corrected chi connectivity index (χ1v) is 14.9. The Labute approximate surface area is 249 Å². The molecule has 2 heteroatoms. The molecule has 1 nitrogen and oxygen atoms in total. The van der Waals surface area contributed by atoms with Gasteiger partial charge >= 0.3 is 0 Å². The van der Waals surface area contributed by atoms with Crippen LogP contribution in [0, 0.1) is 23.7 Å². The van der Waals surface area contributed by atoms with E-state index in [0.29, 0.717) is 0 Å². The molecule has 0 aliphatic heterocycles. The Balaban J connectivity index is 0.00000230. The average molecular weight is 685 g/mol. The van der Waals surface area contributed by atoms with E-state index in [1.165, 1.54) is 75.9 Å². The molecule has 4 bridgehead atoms. The van der Waals surface area contributed by atoms with Crippen molar-refractivity contribution < 1.29 is 21.1 Å². The Morgan fingerprint density at radius 2 is 1.25 bits per heavy atom. The van der Waals surface area contributed by atoms with Crippen LogP contribution in [0.2, 0.25) is 0 Å². The molecule has 6 aromatic rings. The van der Waals surface area contributed by atoms with Crippen molar-refractivity contribution in [2.75, 3.05) is 0 Å². The molecule has 0 N–H and O–H groups in total. The molecule has 0 amide bonds. The summed E-state index contributed by atoms with van der Waals surface area (Å²) < 4.78 is 0. The van der Waals surface area contributed by atoms with E-state index in [4.69, 9.17) is 4.98 Å². The standard InChI is InChI=1S/C38H30N.W/c1-2-6-29-24(5-1)9-12-31-33-21-26(11-14-36(33)39-37(29)31)25-10-13-35-32(20-25)30-7-3-4-8-34(30)38(35)27-16-22-15-23(18-27)19-28(38)17-22;/h1-14,20-23,27-28H,15-19H2;/q-1;. The number of benzene rings is 5. The van der Waals surface area contributed by atoms with Crippen LogP contribution in [0.4, 0.5) is 0 Å². The molecule has 4 fully saturated rings. The van der Waals surface area contributed by atoms with Gasteiger partial charge in [-0.3, -0.25) is 0 Å². The molecule has 194 valence electrons. The van der Waals surface area contributed by atoms with E-state index in [9.17, 15) is 0 Å². The molecule has 0 saturated heterocycles. The molecule has 40 heavy (non-hydrogen) atoms. The van der Waals surface area contributed by atoms with E-state index in [-0.39, 0.29) is 26.5 Å². The van der Waals surface area contributed by atoms with Crippen LogP contribution in [-0.2, 0) is 26.5 Å². The molecule has 4 saturated carbocycles. The zero-order valence-electron chi connectivity index (χ0n) is 22.4. The van der Waals surface area contributed by atoms with Crippen molar-refractivity contribution in [3.05, 3.63) is 108 Å². The third kappa shape index (κ3) is 2.87. The summed E-state index contributed by atoms with van der Waals surface area (Å²) in [7, 11) is 0. The number of aromatic nitrogens is 1. The van der Waals surface area contributed by atoms with Crippen LogP contribution in [0.15, 0.2) is 97.1 Å². The van der Waals surface area contributed by atoms with Crippen LogP contribution >= 0.6 is 0 Å². The van der Waals surface area contributed by atoms with E-state index in [1.54, 1.807) is 11.1 Å². The van der Waals surface area contributed by atoms with Crippen molar-refractivity contribution in [2.24, 2.45) is 23.7 Å². The van der Waals surface area contributed by atoms with Gasteiger partial charge in [-0.05, 0) is 123 Å². The van der Waals surface area contributed by atoms with Crippen LogP contribution in [-0.4, -0.2) is 0 Å². The summed E-state index contributed by atoms with van der Waals surface area (Å²) in [5.74, 6) is 3.58. The summed E-state index contributed by atoms with van der Waals surface area (Å²) in [5.41, 5.74) is 11.3. The second-order valence-corrected chi connectivity index (χ2v) is 13.0. The van der Waals surface area contributed by atoms with E-state index in [0.717, 1.165) is 34.7 Å². The van der Waals surface area contributed by atoms with Crippen molar-refractivity contribution in [2.45, 2.75) is 37.5 Å². The monoisotopic (exact) mass is 684 g/mol. The molecular formula is C38H30NW-. The third-order valence-corrected chi connectivity index (χ3v) is 11.3. The first kappa shape index (κ1) is 23.5. The van der Waals surface area contributed by atoms with E-state index in [1.807, 2.05) is 0 Å². The fourth-order valence-corrected chi connectivity index (χ4v) is 10.1. The number of hydrogen-bond donors (Lipinski definition) is 0. The molecule has 5 aliphatic carbocycles. The van der Waals surface area contributed by atoms with Gasteiger partial charge in [-0.2, -0.15) is 0 Å². The Bertz CT molecular complexity index is 1970. The zero-order chi connectivity index (χ0) is 25.3. The largest absolute Gasteiger partial charge is 0.656 e. The van der Waals surface area contributed by atoms with Gasteiger partial charge in [-0.25, -0.2) is 0 Å². The number of rotatable bonds is 1. The minimum atomic E-state index is 0. The smallest absolute Gasteiger partial charge is 0.0271 e. The van der Waals surface area contributed by atoms with Crippen LogP contribution < -0.4 is 4.98 Å². The topological polar surface area (TPSA) is 14.1 Å². The molecule has 5 aliphatic rings. The van der Waals surface area contributed by atoms with Gasteiger partial charge in [0.2, 0.25) is 0 Å². The maximum absolute atomic E-state index is 5.06. The molecule has 1 aromatic heterocycles. The molecular weight excluding hydrogens is 654 g/mol. The Morgan fingerprint density at radius 1 is 0.550 bits per heavy atom. The van der Waals surface area contributed by atoms with Gasteiger partial charge < -0.3 is 4.98 Å². The molecule has 0 atom stereocenters. The molecule has 0 radical (unpaired) electrons. The second-order valence-electron chi connectivity index (χ2n) is 13.0. The minimum absolute atomic E-state index is 0. The zero-order valence-corrected chi connectivity index (χ0v) is 25.4. The average Bonchev–Trinajstić information content (AvgIpc) is 3.49. The molecule has 1 spiro atoms. The van der Waals surface area contributed by atoms with Crippen LogP contribution in [0.5, 0.6) is 0 Å². The Hall–Kier alpha value is -3.15. The van der Waals surface area contributed by atoms with E-state index in [2.05, 4.69) is 97.1 Å². The summed E-state index contributed by atoms with van der Waals surface area (Å²) in [4.78, 5) is 5.06. The molecule has 5 aromatic carbocycles. The normalized spacial score (nSPS) is 27.4. The minimum Gasteiger partial charge on any atom is -0.656 e. The summed E-state index contributed by atoms with van der Waals surface area (Å²) in [6, 6.07) is 36.9. The summed E-state index contributed by atoms with van der Waals surface area (Å²) >= 11 is 0. The first-order chi connectivity index (χ1) is 19.3. The van der Waals surface area contributed by atoms with Gasteiger partial charge in [0.05, 0.1) is 0 Å². The number of nitrogens with zero attached hydrogens (tertiary/aromatic N) is 1. The summed E-state index contributed by atoms with van der Waals surface area (Å²) in [6.07, 6.45) is 7.24. The van der Waals surface area contributed by atoms with Crippen molar-refractivity contribution in [1.29, 1.82) is 0 Å². The maximum atomic E-state index is 5.06. The Kier molecular flexibility index (Phi) is 4.83. The molecule has 11 rings (SSSR count). The Morgan fingerprint density at radius 3 is 2.10 bits per heavy atom. The summed E-state index contributed by atoms with van der Waals surface area (Å²) in [6.45, 7) is 0. The maximum Gasteiger partial charge on any atom is 0.0271 e. The van der Waals surface area contributed by atoms with Gasteiger partial charge in [0.15, 0.2) is 0 Å². The van der Waals surface area contributed by atoms with E-state index >= 15 is 0 Å². The molecule has 0 unspecified atom stereocenters. The third-order valence-electron chi connectivity index (χ3n) is 11.3. The van der Waals surface area contributed by atoms with Gasteiger partial charge in [0.1, 0.15) is 0 Å². The van der Waals surface area contributed by atoms with Crippen molar-refractivity contribution in [3.63, 3.8) is 0 Å². The number of fused-ring (bicyclic) bond motifs is 8. The van der Waals surface area contributed by atoms with Crippen molar-refractivity contribution >= 4 is 32.6 Å². The van der Waals surface area contributed by atoms with Crippen LogP contribution in [0.3, 0.4) is 0 Å². The molecule has 1 heterocycles. The van der Waals surface area contributed by atoms with Crippen LogP contribution in [0.25, 0.3) is 54.8 Å². The summed E-state index contributed by atoms with van der Waals surface area (Å²) in [5, 5.41) is 5.00. The fourth-order valence-electron chi connectivity index (χ4n) is 10.1. The van der Waals surface area contributed by atoms with Gasteiger partial charge in [0.25, 0.3) is 0 Å². The van der Waals surface area contributed by atoms with Crippen LogP contribution in [0.1, 0.15) is 43.2 Å². The SMILES string of the molecule is [W].c1ccc2c(c1)-c1cc(-c3ccc4[n-]c5c6ccccc6ccc5c4c3)ccc1C21C2CC3CC(C2)CC1C3. The predicted octanol–water partition coefficient (Wildman–Crippen LogP) is 9.49. The van der Waals surface area contributed by atoms with Gasteiger partial charge in [-0.15, -0.1) is 11.0 Å². The van der Waals surface area contributed by atoms with Crippen molar-refractivity contribution in [3.8, 4) is 22.3 Å².